The maximum Gasteiger partial charge on any atom is 0.261 e. The van der Waals surface area contributed by atoms with Crippen molar-refractivity contribution in [3.63, 3.8) is 0 Å². The molecular formula is C19H27N3O2S. The number of carbonyl (C=O) groups is 1. The van der Waals surface area contributed by atoms with Crippen LogP contribution in [0.15, 0.2) is 6.07 Å². The molecule has 2 N–H and O–H groups in total. The van der Waals surface area contributed by atoms with E-state index in [2.05, 4.69) is 10.00 Å². The van der Waals surface area contributed by atoms with Crippen LogP contribution in [0.5, 0.6) is 0 Å². The number of hydrogen-bond donors (Lipinski definition) is 2. The van der Waals surface area contributed by atoms with E-state index in [1.54, 1.807) is 11.3 Å². The number of hydrogen-bond acceptors (Lipinski definition) is 4. The monoisotopic (exact) mass is 361 g/mol. The van der Waals surface area contributed by atoms with Gasteiger partial charge in [0.05, 0.1) is 16.6 Å². The zero-order valence-electron chi connectivity index (χ0n) is 14.8. The fourth-order valence-electron chi connectivity index (χ4n) is 4.39. The van der Waals surface area contributed by atoms with Crippen molar-refractivity contribution in [2.45, 2.75) is 70.4 Å². The number of nitrogens with one attached hydrogen (secondary N) is 1. The van der Waals surface area contributed by atoms with Crippen LogP contribution in [0, 0.1) is 12.8 Å². The van der Waals surface area contributed by atoms with Crippen LogP contribution in [0.25, 0.3) is 10.2 Å². The molecule has 0 aromatic carbocycles. The molecule has 25 heavy (non-hydrogen) atoms. The summed E-state index contributed by atoms with van der Waals surface area (Å²) in [4.78, 5) is 14.6. The van der Waals surface area contributed by atoms with Crippen LogP contribution in [-0.2, 0) is 0 Å². The third kappa shape index (κ3) is 3.34. The van der Waals surface area contributed by atoms with E-state index < -0.39 is 0 Å². The number of thiophene rings is 1. The first-order valence-corrected chi connectivity index (χ1v) is 10.4. The maximum absolute atomic E-state index is 12.7. The van der Waals surface area contributed by atoms with Crippen LogP contribution >= 0.6 is 11.3 Å². The molecule has 0 saturated heterocycles. The first-order valence-electron chi connectivity index (χ1n) is 9.56. The lowest BCUT2D eigenvalue weighted by Crippen LogP contribution is -2.32. The van der Waals surface area contributed by atoms with E-state index in [0.29, 0.717) is 12.0 Å². The van der Waals surface area contributed by atoms with Gasteiger partial charge in [0.15, 0.2) is 0 Å². The molecule has 1 unspecified atom stereocenters. The van der Waals surface area contributed by atoms with Gasteiger partial charge in [-0.25, -0.2) is 0 Å². The SMILES string of the molecule is Cc1nn(C2CCCCC2)c2sc(C(=O)N[C@H]3CCC(CO)C3)cc12. The largest absolute Gasteiger partial charge is 0.396 e. The second kappa shape index (κ2) is 7.08. The molecule has 2 heterocycles. The van der Waals surface area contributed by atoms with Crippen LogP contribution in [0.3, 0.4) is 0 Å². The van der Waals surface area contributed by atoms with Gasteiger partial charge in [0.25, 0.3) is 5.91 Å². The number of carbonyl (C=O) groups excluding carboxylic acids is 1. The van der Waals surface area contributed by atoms with Gasteiger partial charge < -0.3 is 10.4 Å². The minimum atomic E-state index is 0.0272. The zero-order valence-corrected chi connectivity index (χ0v) is 15.6. The quantitative estimate of drug-likeness (QED) is 0.870. The molecule has 2 atom stereocenters. The molecule has 136 valence electrons. The number of aromatic nitrogens is 2. The van der Waals surface area contributed by atoms with Gasteiger partial charge in [-0.05, 0) is 51.0 Å². The Labute approximate surface area is 152 Å². The average molecular weight is 362 g/mol. The van der Waals surface area contributed by atoms with Crippen molar-refractivity contribution in [2.24, 2.45) is 5.92 Å². The van der Waals surface area contributed by atoms with E-state index in [1.807, 2.05) is 13.0 Å². The van der Waals surface area contributed by atoms with Gasteiger partial charge in [0, 0.05) is 18.0 Å². The Balaban J connectivity index is 1.53. The number of aliphatic hydroxyl groups excluding tert-OH is 1. The van der Waals surface area contributed by atoms with Gasteiger partial charge in [-0.2, -0.15) is 5.10 Å². The summed E-state index contributed by atoms with van der Waals surface area (Å²) in [5.74, 6) is 0.370. The Kier molecular flexibility index (Phi) is 4.82. The van der Waals surface area contributed by atoms with E-state index in [4.69, 9.17) is 5.10 Å². The van der Waals surface area contributed by atoms with Crippen LogP contribution < -0.4 is 5.32 Å². The number of aryl methyl sites for hydroxylation is 1. The van der Waals surface area contributed by atoms with Crippen molar-refractivity contribution in [1.82, 2.24) is 15.1 Å². The maximum atomic E-state index is 12.7. The molecule has 0 bridgehead atoms. The van der Waals surface area contributed by atoms with Crippen molar-refractivity contribution in [1.29, 1.82) is 0 Å². The van der Waals surface area contributed by atoms with E-state index in [9.17, 15) is 9.90 Å². The topological polar surface area (TPSA) is 67.2 Å². The van der Waals surface area contributed by atoms with Gasteiger partial charge in [0.2, 0.25) is 0 Å². The fourth-order valence-corrected chi connectivity index (χ4v) is 5.52. The van der Waals surface area contributed by atoms with Gasteiger partial charge in [-0.15, -0.1) is 11.3 Å². The molecule has 6 heteroatoms. The minimum absolute atomic E-state index is 0.0272. The normalized spacial score (nSPS) is 24.9. The summed E-state index contributed by atoms with van der Waals surface area (Å²) in [5.41, 5.74) is 1.03. The number of rotatable bonds is 4. The Morgan fingerprint density at radius 1 is 1.32 bits per heavy atom. The van der Waals surface area contributed by atoms with Crippen LogP contribution in [-0.4, -0.2) is 33.4 Å². The number of nitrogens with zero attached hydrogens (tertiary/aromatic N) is 2. The van der Waals surface area contributed by atoms with Gasteiger partial charge in [-0.1, -0.05) is 19.3 Å². The van der Waals surface area contributed by atoms with Crippen molar-refractivity contribution in [3.05, 3.63) is 16.6 Å². The fraction of sp³-hybridized carbons (Fsp3) is 0.684. The second-order valence-corrected chi connectivity index (χ2v) is 8.71. The predicted molar refractivity (Wildman–Crippen MR) is 100 cm³/mol. The highest BCUT2D eigenvalue weighted by atomic mass is 32.1. The van der Waals surface area contributed by atoms with Crippen LogP contribution in [0.1, 0.15) is 72.8 Å². The number of fused-ring (bicyclic) bond motifs is 1. The molecule has 2 aromatic heterocycles. The lowest BCUT2D eigenvalue weighted by molar-refractivity contribution is 0.0940. The number of aliphatic hydroxyl groups is 1. The molecular weight excluding hydrogens is 334 g/mol. The van der Waals surface area contributed by atoms with E-state index in [1.165, 1.54) is 32.1 Å². The molecule has 2 aromatic rings. The standard InChI is InChI=1S/C19H27N3O2S/c1-12-16-10-17(18(24)20-14-8-7-13(9-14)11-23)25-19(16)22(21-12)15-5-3-2-4-6-15/h10,13-15,23H,2-9,11H2,1H3,(H,20,24)/t13?,14-/m0/s1. The Morgan fingerprint density at radius 3 is 2.84 bits per heavy atom. The Hall–Kier alpha value is -1.40. The molecule has 2 aliphatic carbocycles. The van der Waals surface area contributed by atoms with Gasteiger partial charge in [0.1, 0.15) is 4.83 Å². The second-order valence-electron chi connectivity index (χ2n) is 7.68. The molecule has 1 amide bonds. The Morgan fingerprint density at radius 2 is 2.12 bits per heavy atom. The highest BCUT2D eigenvalue weighted by Gasteiger charge is 2.27. The van der Waals surface area contributed by atoms with Crippen molar-refractivity contribution >= 4 is 27.5 Å². The van der Waals surface area contributed by atoms with E-state index >= 15 is 0 Å². The molecule has 2 aliphatic rings. The van der Waals surface area contributed by atoms with Crippen LogP contribution in [0.4, 0.5) is 0 Å². The van der Waals surface area contributed by atoms with E-state index in [-0.39, 0.29) is 18.6 Å². The van der Waals surface area contributed by atoms with Crippen molar-refractivity contribution in [2.75, 3.05) is 6.61 Å². The summed E-state index contributed by atoms with van der Waals surface area (Å²) in [5, 5.41) is 18.3. The lowest BCUT2D eigenvalue weighted by atomic mass is 9.96. The molecule has 0 radical (unpaired) electrons. The minimum Gasteiger partial charge on any atom is -0.396 e. The lowest BCUT2D eigenvalue weighted by Gasteiger charge is -2.22. The van der Waals surface area contributed by atoms with E-state index in [0.717, 1.165) is 40.1 Å². The first kappa shape index (κ1) is 17.0. The molecule has 4 rings (SSSR count). The molecule has 2 fully saturated rings. The average Bonchev–Trinajstić information content (AvgIpc) is 3.32. The van der Waals surface area contributed by atoms with Gasteiger partial charge >= 0.3 is 0 Å². The molecule has 2 saturated carbocycles. The summed E-state index contributed by atoms with van der Waals surface area (Å²) < 4.78 is 2.18. The molecule has 5 nitrogen and oxygen atoms in total. The molecule has 0 spiro atoms. The van der Waals surface area contributed by atoms with Crippen molar-refractivity contribution in [3.8, 4) is 0 Å². The smallest absolute Gasteiger partial charge is 0.261 e. The summed E-state index contributed by atoms with van der Waals surface area (Å²) >= 11 is 1.58. The van der Waals surface area contributed by atoms with Crippen LogP contribution in [0.2, 0.25) is 0 Å². The first-order chi connectivity index (χ1) is 12.2. The third-order valence-electron chi connectivity index (χ3n) is 5.85. The van der Waals surface area contributed by atoms with Gasteiger partial charge in [-0.3, -0.25) is 9.48 Å². The predicted octanol–water partition coefficient (Wildman–Crippen LogP) is 3.80. The van der Waals surface area contributed by atoms with Crippen molar-refractivity contribution < 1.29 is 9.90 Å². The third-order valence-corrected chi connectivity index (χ3v) is 6.97. The summed E-state index contributed by atoms with van der Waals surface area (Å²) in [6, 6.07) is 2.70. The Bertz CT molecular complexity index is 760. The summed E-state index contributed by atoms with van der Waals surface area (Å²) in [7, 11) is 0. The highest BCUT2D eigenvalue weighted by molar-refractivity contribution is 7.20. The number of amides is 1. The molecule has 0 aliphatic heterocycles. The zero-order chi connectivity index (χ0) is 17.4. The summed E-state index contributed by atoms with van der Waals surface area (Å²) in [6.07, 6.45) is 9.13. The summed E-state index contributed by atoms with van der Waals surface area (Å²) in [6.45, 7) is 2.27. The highest BCUT2D eigenvalue weighted by Crippen LogP contribution is 2.35.